The summed E-state index contributed by atoms with van der Waals surface area (Å²) in [6.07, 6.45) is 0.701. The van der Waals surface area contributed by atoms with Gasteiger partial charge in [-0.3, -0.25) is 0 Å². The van der Waals surface area contributed by atoms with Crippen molar-refractivity contribution in [3.63, 3.8) is 0 Å². The minimum absolute atomic E-state index is 0.212. The van der Waals surface area contributed by atoms with Crippen molar-refractivity contribution in [2.45, 2.75) is 48.0 Å². The van der Waals surface area contributed by atoms with Crippen LogP contribution in [-0.4, -0.2) is 5.11 Å². The molecule has 0 aliphatic carbocycles. The zero-order valence-corrected chi connectivity index (χ0v) is 9.94. The fraction of sp³-hybridized carbons (Fsp3) is 0.833. The van der Waals surface area contributed by atoms with E-state index >= 15 is 0 Å². The number of rotatable bonds is 2. The highest BCUT2D eigenvalue weighted by Crippen LogP contribution is 2.42. The van der Waals surface area contributed by atoms with Crippen molar-refractivity contribution in [3.05, 3.63) is 12.3 Å². The maximum atomic E-state index is 9.25. The molecule has 0 atom stereocenters. The molecule has 0 radical (unpaired) electrons. The van der Waals surface area contributed by atoms with Crippen LogP contribution < -0.4 is 0 Å². The number of hydrogen-bond donors (Lipinski definition) is 1. The molecule has 1 nitrogen and oxygen atoms in total. The van der Waals surface area contributed by atoms with E-state index in [-0.39, 0.29) is 10.8 Å². The summed E-state index contributed by atoms with van der Waals surface area (Å²) in [5.41, 5.74) is 0.424. The molecule has 0 aromatic heterocycles. The highest BCUT2D eigenvalue weighted by molar-refractivity contribution is 4.92. The maximum Gasteiger partial charge on any atom is 0.0854 e. The third kappa shape index (κ3) is 4.35. The SMILES string of the molecule is C=C(O)CC(C(C)(C)C)C(C)(C)C. The van der Waals surface area contributed by atoms with Crippen molar-refractivity contribution in [1.82, 2.24) is 0 Å². The van der Waals surface area contributed by atoms with Gasteiger partial charge in [0.15, 0.2) is 0 Å². The second kappa shape index (κ2) is 3.73. The van der Waals surface area contributed by atoms with Crippen LogP contribution in [0.3, 0.4) is 0 Å². The van der Waals surface area contributed by atoms with Crippen molar-refractivity contribution < 1.29 is 5.11 Å². The number of hydrogen-bond acceptors (Lipinski definition) is 1. The van der Waals surface area contributed by atoms with Crippen molar-refractivity contribution in [2.75, 3.05) is 0 Å². The first-order valence-electron chi connectivity index (χ1n) is 4.92. The molecule has 0 heterocycles. The normalized spacial score (nSPS) is 13.5. The monoisotopic (exact) mass is 184 g/mol. The van der Waals surface area contributed by atoms with Crippen molar-refractivity contribution in [2.24, 2.45) is 16.7 Å². The largest absolute Gasteiger partial charge is 0.513 e. The van der Waals surface area contributed by atoms with Gasteiger partial charge in [-0.15, -0.1) is 0 Å². The molecule has 0 aromatic rings. The van der Waals surface area contributed by atoms with Gasteiger partial charge >= 0.3 is 0 Å². The van der Waals surface area contributed by atoms with Gasteiger partial charge < -0.3 is 5.11 Å². The summed E-state index contributed by atoms with van der Waals surface area (Å²) in [4.78, 5) is 0. The molecule has 0 saturated carbocycles. The van der Waals surface area contributed by atoms with Gasteiger partial charge in [0.05, 0.1) is 5.76 Å². The standard InChI is InChI=1S/C12H24O/c1-9(13)8-10(11(2,3)4)12(5,6)7/h10,13H,1,8H2,2-7H3. The summed E-state index contributed by atoms with van der Waals surface area (Å²) in [6, 6.07) is 0. The van der Waals surface area contributed by atoms with Crippen LogP contribution in [0.5, 0.6) is 0 Å². The number of allylic oxidation sites excluding steroid dienone is 1. The van der Waals surface area contributed by atoms with E-state index in [0.717, 1.165) is 0 Å². The molecule has 0 spiro atoms. The Morgan fingerprint density at radius 3 is 1.46 bits per heavy atom. The lowest BCUT2D eigenvalue weighted by Crippen LogP contribution is -2.32. The molecule has 0 saturated heterocycles. The third-order valence-corrected chi connectivity index (χ3v) is 2.53. The Hall–Kier alpha value is -0.460. The average molecular weight is 184 g/mol. The summed E-state index contributed by atoms with van der Waals surface area (Å²) >= 11 is 0. The molecule has 0 bridgehead atoms. The van der Waals surface area contributed by atoms with Gasteiger partial charge in [0, 0.05) is 6.42 Å². The Balaban J connectivity index is 4.68. The predicted molar refractivity (Wildman–Crippen MR) is 58.8 cm³/mol. The van der Waals surface area contributed by atoms with Gasteiger partial charge in [0.25, 0.3) is 0 Å². The maximum absolute atomic E-state index is 9.25. The Labute approximate surface area is 82.9 Å². The number of aliphatic hydroxyl groups is 1. The molecule has 0 amide bonds. The van der Waals surface area contributed by atoms with Gasteiger partial charge in [0.2, 0.25) is 0 Å². The lowest BCUT2D eigenvalue weighted by Gasteiger charge is -2.40. The summed E-state index contributed by atoms with van der Waals surface area (Å²) in [5, 5.41) is 9.25. The summed E-state index contributed by atoms with van der Waals surface area (Å²) in [5.74, 6) is 0.757. The predicted octanol–water partition coefficient (Wildman–Crippen LogP) is 4.16. The molecule has 0 unspecified atom stereocenters. The van der Waals surface area contributed by atoms with E-state index in [4.69, 9.17) is 0 Å². The lowest BCUT2D eigenvalue weighted by molar-refractivity contribution is 0.0903. The van der Waals surface area contributed by atoms with E-state index in [1.807, 2.05) is 0 Å². The zero-order chi connectivity index (χ0) is 10.9. The second-order valence-corrected chi connectivity index (χ2v) is 6.05. The van der Waals surface area contributed by atoms with Gasteiger partial charge in [-0.25, -0.2) is 0 Å². The molecule has 1 heteroatoms. The Morgan fingerprint density at radius 2 is 1.38 bits per heavy atom. The second-order valence-electron chi connectivity index (χ2n) is 6.05. The molecule has 1 N–H and O–H groups in total. The van der Waals surface area contributed by atoms with Crippen molar-refractivity contribution in [3.8, 4) is 0 Å². The minimum Gasteiger partial charge on any atom is -0.513 e. The molecule has 78 valence electrons. The van der Waals surface area contributed by atoms with Crippen molar-refractivity contribution in [1.29, 1.82) is 0 Å². The molecule has 13 heavy (non-hydrogen) atoms. The summed E-state index contributed by atoms with van der Waals surface area (Å²) in [6.45, 7) is 16.9. The smallest absolute Gasteiger partial charge is 0.0854 e. The highest BCUT2D eigenvalue weighted by atomic mass is 16.3. The van der Waals surface area contributed by atoms with Crippen LogP contribution in [0.4, 0.5) is 0 Å². The van der Waals surface area contributed by atoms with Crippen molar-refractivity contribution >= 4 is 0 Å². The fourth-order valence-corrected chi connectivity index (χ4v) is 2.15. The quantitative estimate of drug-likeness (QED) is 0.639. The topological polar surface area (TPSA) is 20.2 Å². The van der Waals surface area contributed by atoms with Crippen LogP contribution in [0.1, 0.15) is 48.0 Å². The first-order chi connectivity index (χ1) is 5.55. The lowest BCUT2D eigenvalue weighted by atomic mass is 9.65. The molecular formula is C12H24O. The molecule has 0 aromatic carbocycles. The molecule has 0 aliphatic heterocycles. The molecule has 0 fully saturated rings. The van der Waals surface area contributed by atoms with Gasteiger partial charge in [-0.2, -0.15) is 0 Å². The summed E-state index contributed by atoms with van der Waals surface area (Å²) in [7, 11) is 0. The van der Waals surface area contributed by atoms with Crippen LogP contribution in [0, 0.1) is 16.7 Å². The minimum atomic E-state index is 0.212. The van der Waals surface area contributed by atoms with Crippen LogP contribution in [-0.2, 0) is 0 Å². The van der Waals surface area contributed by atoms with Crippen LogP contribution in [0.2, 0.25) is 0 Å². The van der Waals surface area contributed by atoms with E-state index < -0.39 is 0 Å². The van der Waals surface area contributed by atoms with E-state index in [0.29, 0.717) is 18.1 Å². The van der Waals surface area contributed by atoms with E-state index in [2.05, 4.69) is 48.1 Å². The Kier molecular flexibility index (Phi) is 3.60. The third-order valence-electron chi connectivity index (χ3n) is 2.53. The van der Waals surface area contributed by atoms with E-state index in [9.17, 15) is 5.11 Å². The number of aliphatic hydroxyl groups excluding tert-OH is 1. The summed E-state index contributed by atoms with van der Waals surface area (Å²) < 4.78 is 0. The first kappa shape index (κ1) is 12.5. The Bertz CT molecular complexity index is 164. The van der Waals surface area contributed by atoms with E-state index in [1.54, 1.807) is 0 Å². The van der Waals surface area contributed by atoms with Gasteiger partial charge in [-0.05, 0) is 16.7 Å². The van der Waals surface area contributed by atoms with E-state index in [1.165, 1.54) is 0 Å². The first-order valence-corrected chi connectivity index (χ1v) is 4.92. The van der Waals surface area contributed by atoms with Crippen LogP contribution >= 0.6 is 0 Å². The Morgan fingerprint density at radius 1 is 1.08 bits per heavy atom. The zero-order valence-electron chi connectivity index (χ0n) is 9.94. The molecule has 0 rings (SSSR count). The van der Waals surface area contributed by atoms with Crippen LogP contribution in [0.15, 0.2) is 12.3 Å². The molecule has 0 aliphatic rings. The van der Waals surface area contributed by atoms with Gasteiger partial charge in [0.1, 0.15) is 0 Å². The average Bonchev–Trinajstić information content (AvgIpc) is 1.77. The highest BCUT2D eigenvalue weighted by Gasteiger charge is 2.34. The molecular weight excluding hydrogens is 160 g/mol. The fourth-order valence-electron chi connectivity index (χ4n) is 2.15. The van der Waals surface area contributed by atoms with Crippen LogP contribution in [0.25, 0.3) is 0 Å². The van der Waals surface area contributed by atoms with Gasteiger partial charge in [-0.1, -0.05) is 48.1 Å².